The van der Waals surface area contributed by atoms with Crippen LogP contribution >= 0.6 is 0 Å². The maximum Gasteiger partial charge on any atom is 0.258 e. The van der Waals surface area contributed by atoms with Gasteiger partial charge in [-0.15, -0.1) is 0 Å². The SMILES string of the molecule is CCOc1ccc(S(=O)(=O)N(Cc2nc3ccccc3c(=O)[nH]2)CC2CCCO2)cc1OCC. The molecule has 2 aromatic carbocycles. The molecule has 0 spiro atoms. The number of nitrogens with one attached hydrogen (secondary N) is 1. The van der Waals surface area contributed by atoms with Gasteiger partial charge in [0.2, 0.25) is 10.0 Å². The summed E-state index contributed by atoms with van der Waals surface area (Å²) >= 11 is 0. The fourth-order valence-electron chi connectivity index (χ4n) is 3.98. The van der Waals surface area contributed by atoms with Crippen molar-refractivity contribution in [3.8, 4) is 11.5 Å². The summed E-state index contributed by atoms with van der Waals surface area (Å²) in [5.74, 6) is 1.11. The number of benzene rings is 2. The molecule has 182 valence electrons. The summed E-state index contributed by atoms with van der Waals surface area (Å²) in [5.41, 5.74) is 0.199. The van der Waals surface area contributed by atoms with Gasteiger partial charge in [-0.05, 0) is 51.0 Å². The second-order valence-corrected chi connectivity index (χ2v) is 9.87. The quantitative estimate of drug-likeness (QED) is 0.468. The highest BCUT2D eigenvalue weighted by atomic mass is 32.2. The van der Waals surface area contributed by atoms with Crippen molar-refractivity contribution in [2.24, 2.45) is 0 Å². The third-order valence-electron chi connectivity index (χ3n) is 5.57. The van der Waals surface area contributed by atoms with Crippen molar-refractivity contribution < 1.29 is 22.6 Å². The van der Waals surface area contributed by atoms with Gasteiger partial charge < -0.3 is 19.2 Å². The first-order valence-corrected chi connectivity index (χ1v) is 12.9. The molecule has 1 aromatic heterocycles. The van der Waals surface area contributed by atoms with Crippen molar-refractivity contribution in [3.63, 3.8) is 0 Å². The van der Waals surface area contributed by atoms with Gasteiger partial charge in [0, 0.05) is 19.2 Å². The summed E-state index contributed by atoms with van der Waals surface area (Å²) in [6.45, 7) is 5.11. The van der Waals surface area contributed by atoms with Gasteiger partial charge in [-0.1, -0.05) is 12.1 Å². The third-order valence-corrected chi connectivity index (χ3v) is 7.38. The van der Waals surface area contributed by atoms with Gasteiger partial charge in [0.1, 0.15) is 5.82 Å². The summed E-state index contributed by atoms with van der Waals surface area (Å²) in [6, 6.07) is 11.5. The normalized spacial score (nSPS) is 16.3. The molecule has 4 rings (SSSR count). The minimum absolute atomic E-state index is 0.0699. The number of H-pyrrole nitrogens is 1. The topological polar surface area (TPSA) is 111 Å². The van der Waals surface area contributed by atoms with Crippen LogP contribution < -0.4 is 15.0 Å². The van der Waals surface area contributed by atoms with Gasteiger partial charge in [0.25, 0.3) is 5.56 Å². The van der Waals surface area contributed by atoms with Crippen molar-refractivity contribution in [2.75, 3.05) is 26.4 Å². The monoisotopic (exact) mass is 487 g/mol. The molecule has 1 saturated heterocycles. The summed E-state index contributed by atoms with van der Waals surface area (Å²) in [5, 5.41) is 0.452. The smallest absolute Gasteiger partial charge is 0.258 e. The first-order chi connectivity index (χ1) is 16.4. The summed E-state index contributed by atoms with van der Waals surface area (Å²) < 4.78 is 45.7. The van der Waals surface area contributed by atoms with Crippen LogP contribution in [0.3, 0.4) is 0 Å². The number of ether oxygens (including phenoxy) is 3. The Balaban J connectivity index is 1.71. The summed E-state index contributed by atoms with van der Waals surface area (Å²) in [4.78, 5) is 19.8. The molecule has 1 fully saturated rings. The molecule has 1 aliphatic rings. The number of aromatic nitrogens is 2. The maximum atomic E-state index is 13.8. The van der Waals surface area contributed by atoms with E-state index in [1.54, 1.807) is 30.3 Å². The van der Waals surface area contributed by atoms with Gasteiger partial charge in [0.15, 0.2) is 11.5 Å². The Labute approximate surface area is 198 Å². The fraction of sp³-hybridized carbons (Fsp3) is 0.417. The van der Waals surface area contributed by atoms with Crippen LogP contribution in [0.4, 0.5) is 0 Å². The van der Waals surface area contributed by atoms with Crippen LogP contribution in [0.15, 0.2) is 52.2 Å². The number of rotatable bonds is 10. The van der Waals surface area contributed by atoms with Crippen molar-refractivity contribution in [2.45, 2.75) is 44.2 Å². The van der Waals surface area contributed by atoms with E-state index in [1.807, 2.05) is 13.8 Å². The van der Waals surface area contributed by atoms with Crippen LogP contribution in [-0.2, 0) is 21.3 Å². The summed E-state index contributed by atoms with van der Waals surface area (Å²) in [6.07, 6.45) is 1.42. The minimum atomic E-state index is -3.97. The fourth-order valence-corrected chi connectivity index (χ4v) is 5.43. The second-order valence-electron chi connectivity index (χ2n) is 7.94. The molecule has 10 heteroatoms. The molecule has 2 heterocycles. The molecule has 3 aromatic rings. The molecular formula is C24H29N3O6S. The van der Waals surface area contributed by atoms with Crippen LogP contribution in [0, 0.1) is 0 Å². The third kappa shape index (κ3) is 5.24. The molecule has 1 atom stereocenters. The average molecular weight is 488 g/mol. The average Bonchev–Trinajstić information content (AvgIpc) is 3.33. The molecule has 1 aliphatic heterocycles. The lowest BCUT2D eigenvalue weighted by molar-refractivity contribution is 0.0921. The largest absolute Gasteiger partial charge is 0.490 e. The number of sulfonamides is 1. The molecule has 0 saturated carbocycles. The van der Waals surface area contributed by atoms with Crippen LogP contribution in [0.5, 0.6) is 11.5 Å². The predicted molar refractivity (Wildman–Crippen MR) is 128 cm³/mol. The predicted octanol–water partition coefficient (Wildman–Crippen LogP) is 3.09. The summed E-state index contributed by atoms with van der Waals surface area (Å²) in [7, 11) is -3.97. The van der Waals surface area contributed by atoms with Gasteiger partial charge in [-0.3, -0.25) is 4.79 Å². The molecular weight excluding hydrogens is 458 g/mol. The van der Waals surface area contributed by atoms with Gasteiger partial charge in [0.05, 0.1) is 41.7 Å². The van der Waals surface area contributed by atoms with E-state index in [0.29, 0.717) is 42.2 Å². The highest BCUT2D eigenvalue weighted by Crippen LogP contribution is 2.32. The van der Waals surface area contributed by atoms with E-state index in [0.717, 1.165) is 12.8 Å². The van der Waals surface area contributed by atoms with E-state index < -0.39 is 10.0 Å². The van der Waals surface area contributed by atoms with Crippen molar-refractivity contribution in [1.82, 2.24) is 14.3 Å². The van der Waals surface area contributed by atoms with Crippen molar-refractivity contribution >= 4 is 20.9 Å². The van der Waals surface area contributed by atoms with Crippen LogP contribution in [0.1, 0.15) is 32.5 Å². The minimum Gasteiger partial charge on any atom is -0.490 e. The number of hydrogen-bond donors (Lipinski definition) is 1. The first kappa shape index (κ1) is 24.2. The molecule has 1 N–H and O–H groups in total. The van der Waals surface area contributed by atoms with Gasteiger partial charge in [-0.2, -0.15) is 4.31 Å². The highest BCUT2D eigenvalue weighted by Gasteiger charge is 2.31. The Hall–Kier alpha value is -2.95. The zero-order valence-electron chi connectivity index (χ0n) is 19.3. The Morgan fingerprint density at radius 3 is 2.62 bits per heavy atom. The number of fused-ring (bicyclic) bond motifs is 1. The van der Waals surface area contributed by atoms with Gasteiger partial charge in [-0.25, -0.2) is 13.4 Å². The molecule has 0 aliphatic carbocycles. The lowest BCUT2D eigenvalue weighted by Gasteiger charge is -2.25. The molecule has 0 amide bonds. The number of nitrogens with zero attached hydrogens (tertiary/aromatic N) is 2. The number of aromatic amines is 1. The highest BCUT2D eigenvalue weighted by molar-refractivity contribution is 7.89. The maximum absolute atomic E-state index is 13.8. The van der Waals surface area contributed by atoms with Crippen LogP contribution in [0.2, 0.25) is 0 Å². The Bertz CT molecular complexity index is 1300. The van der Waals surface area contributed by atoms with E-state index >= 15 is 0 Å². The Morgan fingerprint density at radius 1 is 1.12 bits per heavy atom. The van der Waals surface area contributed by atoms with Crippen molar-refractivity contribution in [1.29, 1.82) is 0 Å². The zero-order chi connectivity index (χ0) is 24.1. The van der Waals surface area contributed by atoms with E-state index in [9.17, 15) is 13.2 Å². The second kappa shape index (κ2) is 10.5. The van der Waals surface area contributed by atoms with Crippen LogP contribution in [0.25, 0.3) is 10.9 Å². The van der Waals surface area contributed by atoms with E-state index in [2.05, 4.69) is 9.97 Å². The molecule has 34 heavy (non-hydrogen) atoms. The number of hydrogen-bond acceptors (Lipinski definition) is 7. The van der Waals surface area contributed by atoms with Crippen LogP contribution in [-0.4, -0.2) is 55.2 Å². The Kier molecular flexibility index (Phi) is 7.50. The standard InChI is InChI=1S/C24H29N3O6S/c1-3-31-21-12-11-18(14-22(21)32-4-2)34(29,30)27(15-17-8-7-13-33-17)16-23-25-20-10-6-5-9-19(20)24(28)26-23/h5-6,9-12,14,17H,3-4,7-8,13,15-16H2,1-2H3,(H,25,26,28). The lowest BCUT2D eigenvalue weighted by atomic mass is 10.2. The van der Waals surface area contributed by atoms with Crippen molar-refractivity contribution in [3.05, 3.63) is 58.6 Å². The zero-order valence-corrected chi connectivity index (χ0v) is 20.1. The molecule has 9 nitrogen and oxygen atoms in total. The van der Waals surface area contributed by atoms with E-state index in [1.165, 1.54) is 16.4 Å². The van der Waals surface area contributed by atoms with E-state index in [-0.39, 0.29) is 35.5 Å². The molecule has 0 radical (unpaired) electrons. The first-order valence-electron chi connectivity index (χ1n) is 11.4. The molecule has 1 unspecified atom stereocenters. The Morgan fingerprint density at radius 2 is 1.88 bits per heavy atom. The lowest BCUT2D eigenvalue weighted by Crippen LogP contribution is -2.37. The number of para-hydroxylation sites is 1. The molecule has 0 bridgehead atoms. The van der Waals surface area contributed by atoms with Gasteiger partial charge >= 0.3 is 0 Å². The van der Waals surface area contributed by atoms with E-state index in [4.69, 9.17) is 14.2 Å².